The maximum absolute atomic E-state index is 11.8. The Morgan fingerprint density at radius 2 is 1.10 bits per heavy atom. The number of hydrogen-bond acceptors (Lipinski definition) is 4. The Balaban J connectivity index is 1.42. The molecule has 0 aliphatic heterocycles. The molecule has 0 bridgehead atoms. The fourth-order valence-corrected chi connectivity index (χ4v) is 6.66. The number of benzene rings is 5. The smallest absolute Gasteiger partial charge is 0.137 e. The van der Waals surface area contributed by atoms with Crippen molar-refractivity contribution in [2.75, 3.05) is 4.90 Å². The number of phenols is 1. The first-order valence-corrected chi connectivity index (χ1v) is 17.9. The van der Waals surface area contributed by atoms with E-state index in [2.05, 4.69) is 162 Å². The standard InChI is InChI=1S/C48H45N3O/c1-47(2,3)37-31-41(46(52)42(32-37)48(4,5)6)43-27-26-40(34-19-11-8-12-20-34)45(50-43)36-22-16-24-39(30-36)51(44-25-13-14-28-49-44)38-23-15-21-35(29-38)33-17-9-7-10-18-33/h7-32,52H,1-6H3. The second-order valence-electron chi connectivity index (χ2n) is 15.4. The van der Waals surface area contributed by atoms with Gasteiger partial charge >= 0.3 is 0 Å². The van der Waals surface area contributed by atoms with Crippen molar-refractivity contribution in [2.24, 2.45) is 0 Å². The topological polar surface area (TPSA) is 49.2 Å². The Labute approximate surface area is 308 Å². The summed E-state index contributed by atoms with van der Waals surface area (Å²) in [6.45, 7) is 13.1. The van der Waals surface area contributed by atoms with E-state index in [1.807, 2.05) is 42.6 Å². The normalized spacial score (nSPS) is 11.7. The summed E-state index contributed by atoms with van der Waals surface area (Å²) in [7, 11) is 0. The zero-order chi connectivity index (χ0) is 36.5. The first-order valence-electron chi connectivity index (χ1n) is 17.9. The lowest BCUT2D eigenvalue weighted by molar-refractivity contribution is 0.446. The number of anilines is 3. The monoisotopic (exact) mass is 679 g/mol. The molecular weight excluding hydrogens is 635 g/mol. The molecule has 5 aromatic carbocycles. The summed E-state index contributed by atoms with van der Waals surface area (Å²) in [4.78, 5) is 12.4. The molecule has 2 heterocycles. The minimum atomic E-state index is -0.256. The molecule has 0 radical (unpaired) electrons. The second kappa shape index (κ2) is 14.0. The molecule has 0 aliphatic rings. The van der Waals surface area contributed by atoms with Gasteiger partial charge < -0.3 is 5.11 Å². The lowest BCUT2D eigenvalue weighted by atomic mass is 9.78. The molecule has 258 valence electrons. The molecule has 1 N–H and O–H groups in total. The number of phenolic OH excluding ortho intramolecular Hbond substituents is 1. The van der Waals surface area contributed by atoms with E-state index >= 15 is 0 Å². The Hall–Kier alpha value is -6.00. The number of nitrogens with zero attached hydrogens (tertiary/aromatic N) is 3. The number of hydrogen-bond donors (Lipinski definition) is 1. The summed E-state index contributed by atoms with van der Waals surface area (Å²) in [5.41, 5.74) is 11.3. The van der Waals surface area contributed by atoms with Crippen molar-refractivity contribution in [1.29, 1.82) is 0 Å². The van der Waals surface area contributed by atoms with E-state index in [0.29, 0.717) is 0 Å². The van der Waals surface area contributed by atoms with E-state index in [9.17, 15) is 5.11 Å². The van der Waals surface area contributed by atoms with Gasteiger partial charge in [-0.1, -0.05) is 145 Å². The number of aromatic hydroxyl groups is 1. The number of rotatable bonds is 7. The van der Waals surface area contributed by atoms with E-state index in [1.54, 1.807) is 0 Å². The Morgan fingerprint density at radius 1 is 0.500 bits per heavy atom. The molecule has 52 heavy (non-hydrogen) atoms. The first kappa shape index (κ1) is 34.4. The molecule has 0 aliphatic carbocycles. The lowest BCUT2D eigenvalue weighted by Crippen LogP contribution is -2.17. The van der Waals surface area contributed by atoms with Crippen LogP contribution in [0.1, 0.15) is 52.7 Å². The quantitative estimate of drug-likeness (QED) is 0.182. The van der Waals surface area contributed by atoms with Crippen LogP contribution in [0.25, 0.3) is 44.8 Å². The van der Waals surface area contributed by atoms with Gasteiger partial charge in [0.05, 0.1) is 11.4 Å². The van der Waals surface area contributed by atoms with Gasteiger partial charge in [0.15, 0.2) is 0 Å². The molecular formula is C48H45N3O. The number of pyridine rings is 2. The number of aromatic nitrogens is 2. The average molecular weight is 680 g/mol. The van der Waals surface area contributed by atoms with Crippen molar-refractivity contribution in [3.05, 3.63) is 169 Å². The molecule has 0 spiro atoms. The SMILES string of the molecule is CC(C)(C)c1cc(-c2ccc(-c3ccccc3)c(-c3cccc(N(c4cccc(-c5ccccc5)c4)c4ccccn4)c3)n2)c(O)c(C(C)(C)C)c1. The Morgan fingerprint density at radius 3 is 1.71 bits per heavy atom. The fraction of sp³-hybridized carbons (Fsp3) is 0.167. The molecule has 7 aromatic rings. The van der Waals surface area contributed by atoms with Gasteiger partial charge in [-0.3, -0.25) is 4.90 Å². The maximum atomic E-state index is 11.8. The largest absolute Gasteiger partial charge is 0.507 e. The third-order valence-electron chi connectivity index (χ3n) is 9.51. The predicted molar refractivity (Wildman–Crippen MR) is 218 cm³/mol. The summed E-state index contributed by atoms with van der Waals surface area (Å²) in [5, 5.41) is 11.8. The van der Waals surface area contributed by atoms with Crippen LogP contribution in [-0.2, 0) is 10.8 Å². The summed E-state index contributed by atoms with van der Waals surface area (Å²) < 4.78 is 0. The Bertz CT molecular complexity index is 2320. The van der Waals surface area contributed by atoms with Gasteiger partial charge in [-0.15, -0.1) is 0 Å². The molecule has 4 heteroatoms. The van der Waals surface area contributed by atoms with E-state index in [0.717, 1.165) is 73.1 Å². The molecule has 0 saturated carbocycles. The summed E-state index contributed by atoms with van der Waals surface area (Å²) in [5.74, 6) is 1.09. The van der Waals surface area contributed by atoms with Gasteiger partial charge in [0.1, 0.15) is 11.6 Å². The highest BCUT2D eigenvalue weighted by Crippen LogP contribution is 2.44. The highest BCUT2D eigenvalue weighted by atomic mass is 16.3. The van der Waals surface area contributed by atoms with Crippen LogP contribution in [0, 0.1) is 0 Å². The third kappa shape index (κ3) is 7.11. The third-order valence-corrected chi connectivity index (χ3v) is 9.51. The molecule has 4 nitrogen and oxygen atoms in total. The molecule has 0 saturated heterocycles. The van der Waals surface area contributed by atoms with E-state index in [-0.39, 0.29) is 16.6 Å². The van der Waals surface area contributed by atoms with E-state index in [1.165, 1.54) is 0 Å². The van der Waals surface area contributed by atoms with Crippen LogP contribution in [0.2, 0.25) is 0 Å². The summed E-state index contributed by atoms with van der Waals surface area (Å²) in [6.07, 6.45) is 1.83. The van der Waals surface area contributed by atoms with E-state index in [4.69, 9.17) is 9.97 Å². The summed E-state index contributed by atoms with van der Waals surface area (Å²) >= 11 is 0. The molecule has 0 atom stereocenters. The van der Waals surface area contributed by atoms with Crippen LogP contribution in [-0.4, -0.2) is 15.1 Å². The van der Waals surface area contributed by atoms with Gasteiger partial charge in [-0.2, -0.15) is 0 Å². The van der Waals surface area contributed by atoms with Crippen molar-refractivity contribution >= 4 is 17.2 Å². The Kier molecular flexibility index (Phi) is 9.25. The maximum Gasteiger partial charge on any atom is 0.137 e. The minimum Gasteiger partial charge on any atom is -0.507 e. The molecule has 2 aromatic heterocycles. The average Bonchev–Trinajstić information content (AvgIpc) is 3.15. The molecule has 0 fully saturated rings. The highest BCUT2D eigenvalue weighted by molar-refractivity contribution is 5.87. The van der Waals surface area contributed by atoms with Crippen LogP contribution >= 0.6 is 0 Å². The van der Waals surface area contributed by atoms with Crippen molar-refractivity contribution in [3.63, 3.8) is 0 Å². The molecule has 0 amide bonds. The molecule has 7 rings (SSSR count). The second-order valence-corrected chi connectivity index (χ2v) is 15.4. The van der Waals surface area contributed by atoms with Crippen LogP contribution < -0.4 is 4.90 Å². The fourth-order valence-electron chi connectivity index (χ4n) is 6.66. The summed E-state index contributed by atoms with van der Waals surface area (Å²) in [6, 6.07) is 52.3. The van der Waals surface area contributed by atoms with Crippen LogP contribution in [0.3, 0.4) is 0 Å². The zero-order valence-corrected chi connectivity index (χ0v) is 30.8. The van der Waals surface area contributed by atoms with Crippen molar-refractivity contribution in [1.82, 2.24) is 9.97 Å². The van der Waals surface area contributed by atoms with Crippen LogP contribution in [0.4, 0.5) is 17.2 Å². The van der Waals surface area contributed by atoms with Gasteiger partial charge in [0, 0.05) is 39.8 Å². The first-order chi connectivity index (χ1) is 25.0. The van der Waals surface area contributed by atoms with Crippen LogP contribution in [0.15, 0.2) is 158 Å². The van der Waals surface area contributed by atoms with E-state index < -0.39 is 0 Å². The molecule has 0 unspecified atom stereocenters. The lowest BCUT2D eigenvalue weighted by Gasteiger charge is -2.27. The van der Waals surface area contributed by atoms with Gasteiger partial charge in [-0.05, 0) is 81.6 Å². The van der Waals surface area contributed by atoms with Crippen molar-refractivity contribution < 1.29 is 5.11 Å². The van der Waals surface area contributed by atoms with Crippen molar-refractivity contribution in [2.45, 2.75) is 52.4 Å². The highest BCUT2D eigenvalue weighted by Gasteiger charge is 2.26. The predicted octanol–water partition coefficient (Wildman–Crippen LogP) is 12.9. The van der Waals surface area contributed by atoms with Gasteiger partial charge in [0.2, 0.25) is 0 Å². The van der Waals surface area contributed by atoms with Gasteiger partial charge in [0.25, 0.3) is 0 Å². The van der Waals surface area contributed by atoms with Crippen LogP contribution in [0.5, 0.6) is 5.75 Å². The van der Waals surface area contributed by atoms with Gasteiger partial charge in [-0.25, -0.2) is 9.97 Å². The van der Waals surface area contributed by atoms with Crippen molar-refractivity contribution in [3.8, 4) is 50.5 Å². The zero-order valence-electron chi connectivity index (χ0n) is 30.8. The minimum absolute atomic E-state index is 0.115.